The molecule has 0 aliphatic rings. The number of nitrogen functional groups attached to an aromatic ring is 1. The third-order valence-corrected chi connectivity index (χ3v) is 19.6. The molecule has 0 aliphatic heterocycles. The molecule has 0 bridgehead atoms. The van der Waals surface area contributed by atoms with Gasteiger partial charge in [-0.2, -0.15) is 54.1 Å². The number of carbonyl (C=O) groups is 1. The molecule has 10 rings (SSSR count). The number of aromatic carboxylic acids is 1. The summed E-state index contributed by atoms with van der Waals surface area (Å²) in [5.74, 6) is -5.43. The van der Waals surface area contributed by atoms with Gasteiger partial charge >= 0.3 is 5.97 Å². The minimum absolute atomic E-state index is 0.00996. The Bertz CT molecular complexity index is 5810. The quantitative estimate of drug-likeness (QED) is 0.00412. The summed E-state index contributed by atoms with van der Waals surface area (Å²) in [7, 11) is -20.5. The maximum absolute atomic E-state index is 13.1. The lowest BCUT2D eigenvalue weighted by atomic mass is 10.1. The molecule has 40 nitrogen and oxygen atoms in total. The molecule has 0 spiro atoms. The number of ether oxygens (including phenoxy) is 1. The molecule has 0 amide bonds. The van der Waals surface area contributed by atoms with E-state index >= 15 is 0 Å². The van der Waals surface area contributed by atoms with Crippen LogP contribution in [0.2, 0.25) is 0 Å². The summed E-state index contributed by atoms with van der Waals surface area (Å²) in [5.41, 5.74) is 2.73. The molecule has 0 aromatic heterocycles. The SMILES string of the molecule is Cc1cc(N=Nc2c(S(=O)(=O)O)cc3cc(N=Nc4c(N)ccc5c(O)c(N=Nc6cc(S(=O)(=O)O)c7cc(SOOO)c(N=Nc8ccc(C(=O)O)c(O)c8)c(O)c7c6)c(SOOO)cc45)ccc3c2O)c(OCCCSOOO)cc1N=Nc1cc(S(=O)(=O)O)cc2cc(S(=O)(=O)O)cc(O)c12. The minimum Gasteiger partial charge on any atom is -0.507 e. The van der Waals surface area contributed by atoms with E-state index in [0.717, 1.165) is 60.7 Å². The number of hydrogen-bond acceptors (Lipinski definition) is 38. The number of nitrogens with two attached hydrogens (primary N) is 1. The van der Waals surface area contributed by atoms with Crippen molar-refractivity contribution >= 4 is 188 Å². The van der Waals surface area contributed by atoms with Gasteiger partial charge in [0.05, 0.1) is 89.8 Å². The highest BCUT2D eigenvalue weighted by molar-refractivity contribution is 7.95. The Morgan fingerprint density at radius 2 is 1.01 bits per heavy atom. The van der Waals surface area contributed by atoms with E-state index in [1.165, 1.54) is 55.5 Å². The lowest BCUT2D eigenvalue weighted by Crippen LogP contribution is -2.00. The van der Waals surface area contributed by atoms with Crippen LogP contribution in [0.1, 0.15) is 22.3 Å². The first-order valence-corrected chi connectivity index (χ1v) is 36.1. The smallest absolute Gasteiger partial charge is 0.339 e. The Hall–Kier alpha value is -10.4. The highest BCUT2D eigenvalue weighted by Crippen LogP contribution is 2.51. The monoisotopic (exact) mass is 1570 g/mol. The number of carboxylic acid groups (broad SMARTS) is 1. The van der Waals surface area contributed by atoms with Gasteiger partial charge in [0.25, 0.3) is 40.5 Å². The maximum Gasteiger partial charge on any atom is 0.339 e. The van der Waals surface area contributed by atoms with Crippen LogP contribution in [0.15, 0.2) is 196 Å². The largest absolute Gasteiger partial charge is 0.507 e. The van der Waals surface area contributed by atoms with Crippen molar-refractivity contribution in [1.29, 1.82) is 0 Å². The molecule has 0 unspecified atom stereocenters. The van der Waals surface area contributed by atoms with Gasteiger partial charge < -0.3 is 41.1 Å². The van der Waals surface area contributed by atoms with Crippen LogP contribution < -0.4 is 10.5 Å². The van der Waals surface area contributed by atoms with Crippen molar-refractivity contribution in [1.82, 2.24) is 0 Å². The molecule has 15 N–H and O–H groups in total. The highest BCUT2D eigenvalue weighted by Gasteiger charge is 2.27. The van der Waals surface area contributed by atoms with Crippen molar-refractivity contribution in [2.45, 2.75) is 42.7 Å². The molecule has 10 aromatic carbocycles. The van der Waals surface area contributed by atoms with Crippen molar-refractivity contribution in [2.75, 3.05) is 18.1 Å². The fraction of sp³-hybridized carbons (Fsp3) is 0.0702. The molecular weight excluding hydrogens is 1530 g/mol. The minimum atomic E-state index is -5.31. The number of rotatable bonds is 28. The van der Waals surface area contributed by atoms with Crippen LogP contribution in [-0.2, 0) is 68.6 Å². The van der Waals surface area contributed by atoms with Gasteiger partial charge in [-0.1, -0.05) is 15.1 Å². The lowest BCUT2D eigenvalue weighted by Gasteiger charge is -2.13. The van der Waals surface area contributed by atoms with Gasteiger partial charge in [0.1, 0.15) is 61.0 Å². The van der Waals surface area contributed by atoms with E-state index in [1.807, 2.05) is 0 Å². The van der Waals surface area contributed by atoms with Crippen molar-refractivity contribution in [2.24, 2.45) is 51.1 Å². The average molecular weight is 1570 g/mol. The number of nitrogens with zero attached hydrogens (tertiary/aromatic N) is 10. The second kappa shape index (κ2) is 31.3. The number of carboxylic acids is 1. The van der Waals surface area contributed by atoms with Crippen LogP contribution in [0.25, 0.3) is 43.1 Å². The molecule has 0 heterocycles. The number of azo groups is 5. The predicted octanol–water partition coefficient (Wildman–Crippen LogP) is 15.2. The van der Waals surface area contributed by atoms with Crippen LogP contribution in [0.4, 0.5) is 62.6 Å². The number of hydrogen-bond donors (Lipinski definition) is 14. The molecule has 0 aliphatic carbocycles. The van der Waals surface area contributed by atoms with E-state index in [4.69, 9.17) is 21.0 Å². The first-order chi connectivity index (χ1) is 49.2. The lowest BCUT2D eigenvalue weighted by molar-refractivity contribution is -0.432. The van der Waals surface area contributed by atoms with Gasteiger partial charge in [0.2, 0.25) is 0 Å². The summed E-state index contributed by atoms with van der Waals surface area (Å²) in [4.78, 5) is 7.34. The second-order valence-electron chi connectivity index (χ2n) is 20.9. The third-order valence-electron chi connectivity index (χ3n) is 14.3. The van der Waals surface area contributed by atoms with Crippen LogP contribution in [0.5, 0.6) is 34.5 Å². The van der Waals surface area contributed by atoms with Crippen LogP contribution in [0, 0.1) is 6.92 Å². The van der Waals surface area contributed by atoms with E-state index in [0.29, 0.717) is 18.1 Å². The average Bonchev–Trinajstić information content (AvgIpc) is 0.805. The molecule has 542 valence electrons. The molecule has 10 aromatic rings. The fourth-order valence-electron chi connectivity index (χ4n) is 9.73. The van der Waals surface area contributed by atoms with Crippen molar-refractivity contribution in [3.05, 3.63) is 126 Å². The Morgan fingerprint density at radius 1 is 0.462 bits per heavy atom. The van der Waals surface area contributed by atoms with Gasteiger partial charge in [-0.05, 0) is 127 Å². The Labute approximate surface area is 593 Å². The summed E-state index contributed by atoms with van der Waals surface area (Å²) in [6, 6.07) is 20.0. The molecule has 0 atom stereocenters. The normalized spacial score (nSPS) is 12.7. The van der Waals surface area contributed by atoms with E-state index in [-0.39, 0.29) is 130 Å². The van der Waals surface area contributed by atoms with Crippen molar-refractivity contribution in [3.63, 3.8) is 0 Å². The first-order valence-electron chi connectivity index (χ1n) is 27.9. The maximum atomic E-state index is 13.1. The van der Waals surface area contributed by atoms with Gasteiger partial charge in [-0.15, -0.1) is 43.7 Å². The van der Waals surface area contributed by atoms with Crippen molar-refractivity contribution < 1.29 is 136 Å². The van der Waals surface area contributed by atoms with Gasteiger partial charge in [-0.25, -0.2) is 20.6 Å². The van der Waals surface area contributed by atoms with E-state index in [2.05, 4.69) is 79.3 Å². The Balaban J connectivity index is 0.992. The number of benzene rings is 10. The molecule has 0 fully saturated rings. The Morgan fingerprint density at radius 3 is 1.62 bits per heavy atom. The molecule has 0 radical (unpaired) electrons. The van der Waals surface area contributed by atoms with E-state index in [9.17, 15) is 92.6 Å². The first kappa shape index (κ1) is 76.3. The van der Waals surface area contributed by atoms with E-state index in [1.54, 1.807) is 0 Å². The highest BCUT2D eigenvalue weighted by atomic mass is 32.2. The van der Waals surface area contributed by atoms with E-state index < -0.39 is 140 Å². The standard InChI is InChI=1S/C57H43N11O29S7/c1-24-11-40(44(91-9-2-10-98-95-92-76)23-39(24)62-64-41-19-30(101(79,80)81)13-26-14-31(102(82,83)84)20-43(70)49(26)41)63-68-53-48(104(88,89)90)15-25-12-27(3-5-32(25)54(53)71)59-65-50-36-22-46(100-97-94-78)51(55(72)33(36)7-8-38(50)58)67-61-29-16-37-35(47(18-29)103(85,86)87)21-45(99-96-93-77)52(56(37)73)66-60-28-4-6-34(57(74)75)42(69)17-28/h3-8,11-23,69-73,76-78H,2,9-10,58H2,1H3,(H,74,75)(H,79,80,81)(H,82,83,84)(H,85,86,87)(H,88,89,90). The summed E-state index contributed by atoms with van der Waals surface area (Å²) < 4.78 is 161. The Kier molecular flexibility index (Phi) is 23.0. The second-order valence-corrected chi connectivity index (χ2v) is 28.8. The van der Waals surface area contributed by atoms with Crippen LogP contribution >= 0.6 is 36.1 Å². The van der Waals surface area contributed by atoms with Crippen molar-refractivity contribution in [3.8, 4) is 34.5 Å². The molecule has 0 saturated carbocycles. The zero-order valence-electron chi connectivity index (χ0n) is 51.3. The van der Waals surface area contributed by atoms with Crippen LogP contribution in [-0.4, -0.2) is 117 Å². The number of phenols is 5. The van der Waals surface area contributed by atoms with Gasteiger partial charge in [-0.3, -0.25) is 18.2 Å². The number of phenolic OH excluding ortho intramolecular Hbond substituents is 4. The topological polar surface area (TPSA) is 631 Å². The summed E-state index contributed by atoms with van der Waals surface area (Å²) >= 11 is 1.08. The third kappa shape index (κ3) is 17.1. The number of fused-ring (bicyclic) bond motifs is 4. The van der Waals surface area contributed by atoms with Gasteiger partial charge in [0.15, 0.2) is 17.2 Å². The molecule has 104 heavy (non-hydrogen) atoms. The van der Waals surface area contributed by atoms with Crippen LogP contribution in [0.3, 0.4) is 0 Å². The summed E-state index contributed by atoms with van der Waals surface area (Å²) in [6.07, 6.45) is 0.190. The molecule has 0 saturated heterocycles. The fourth-order valence-corrected chi connectivity index (χ4v) is 13.5. The molecule has 47 heteroatoms. The number of anilines is 1. The van der Waals surface area contributed by atoms with Gasteiger partial charge in [0, 0.05) is 62.9 Å². The summed E-state index contributed by atoms with van der Waals surface area (Å²) in [6.45, 7) is 1.32. The molecular formula is C57H43N11O29S7. The predicted molar refractivity (Wildman–Crippen MR) is 362 cm³/mol. The number of aryl methyl sites for hydroxylation is 1. The zero-order valence-corrected chi connectivity index (χ0v) is 57.1. The summed E-state index contributed by atoms with van der Waals surface area (Å²) in [5, 5.41) is 142. The zero-order chi connectivity index (χ0) is 75.3. The number of aromatic hydroxyl groups is 5.